The van der Waals surface area contributed by atoms with E-state index in [9.17, 15) is 0 Å². The molecule has 1 aliphatic rings. The lowest BCUT2D eigenvalue weighted by Gasteiger charge is -2.04. The summed E-state index contributed by atoms with van der Waals surface area (Å²) in [5.74, 6) is 0. The van der Waals surface area contributed by atoms with Gasteiger partial charge in [0, 0.05) is 9.39 Å². The van der Waals surface area contributed by atoms with E-state index < -0.39 is 0 Å². The van der Waals surface area contributed by atoms with Gasteiger partial charge in [0.25, 0.3) is 0 Å². The summed E-state index contributed by atoms with van der Waals surface area (Å²) in [5, 5.41) is 3.70. The molecular formula is C8H10BrNS. The summed E-state index contributed by atoms with van der Waals surface area (Å²) in [6.45, 7) is 9.64. The van der Waals surface area contributed by atoms with Crippen molar-refractivity contribution in [3.63, 3.8) is 0 Å². The van der Waals surface area contributed by atoms with Crippen LogP contribution in [-0.2, 0) is 0 Å². The molecule has 0 aliphatic carbocycles. The first-order chi connectivity index (χ1) is 5.15. The molecule has 1 aliphatic heterocycles. The van der Waals surface area contributed by atoms with Gasteiger partial charge < -0.3 is 5.32 Å². The van der Waals surface area contributed by atoms with Gasteiger partial charge in [-0.15, -0.1) is 0 Å². The van der Waals surface area contributed by atoms with Crippen LogP contribution in [0.1, 0.15) is 6.92 Å². The van der Waals surface area contributed by atoms with Gasteiger partial charge >= 0.3 is 0 Å². The SMILES string of the molecule is C=CC1=C(C(=C)Br)NC(C)S1. The van der Waals surface area contributed by atoms with Crippen molar-refractivity contribution in [1.82, 2.24) is 5.32 Å². The predicted octanol–water partition coefficient (Wildman–Crippen LogP) is 2.98. The van der Waals surface area contributed by atoms with E-state index in [1.165, 1.54) is 4.91 Å². The van der Waals surface area contributed by atoms with Gasteiger partial charge in [-0.05, 0) is 22.9 Å². The van der Waals surface area contributed by atoms with Gasteiger partial charge in [0.1, 0.15) is 0 Å². The van der Waals surface area contributed by atoms with E-state index in [0.717, 1.165) is 10.2 Å². The lowest BCUT2D eigenvalue weighted by atomic mass is 10.4. The van der Waals surface area contributed by atoms with Crippen molar-refractivity contribution in [2.45, 2.75) is 12.3 Å². The molecule has 11 heavy (non-hydrogen) atoms. The third-order valence-corrected chi connectivity index (χ3v) is 2.85. The van der Waals surface area contributed by atoms with Crippen LogP contribution in [-0.4, -0.2) is 5.37 Å². The highest BCUT2D eigenvalue weighted by atomic mass is 79.9. The maximum atomic E-state index is 3.80. The smallest absolute Gasteiger partial charge is 0.0742 e. The van der Waals surface area contributed by atoms with Crippen LogP contribution >= 0.6 is 27.7 Å². The van der Waals surface area contributed by atoms with Crippen molar-refractivity contribution in [2.24, 2.45) is 0 Å². The van der Waals surface area contributed by atoms with Gasteiger partial charge in [0.15, 0.2) is 0 Å². The number of nitrogens with one attached hydrogen (secondary N) is 1. The van der Waals surface area contributed by atoms with Crippen molar-refractivity contribution < 1.29 is 0 Å². The molecule has 0 saturated heterocycles. The third kappa shape index (κ3) is 1.91. The third-order valence-electron chi connectivity index (χ3n) is 1.35. The van der Waals surface area contributed by atoms with Gasteiger partial charge in [-0.1, -0.05) is 31.0 Å². The second-order valence-corrected chi connectivity index (χ2v) is 4.59. The van der Waals surface area contributed by atoms with Crippen molar-refractivity contribution in [2.75, 3.05) is 0 Å². The highest BCUT2D eigenvalue weighted by molar-refractivity contribution is 9.11. The molecular weight excluding hydrogens is 222 g/mol. The number of hydrogen-bond acceptors (Lipinski definition) is 2. The number of thioether (sulfide) groups is 1. The number of allylic oxidation sites excluding steroid dienone is 2. The van der Waals surface area contributed by atoms with Crippen LogP contribution in [0.4, 0.5) is 0 Å². The Morgan fingerprint density at radius 2 is 2.45 bits per heavy atom. The van der Waals surface area contributed by atoms with Crippen LogP contribution < -0.4 is 5.32 Å². The molecule has 0 spiro atoms. The molecule has 3 heteroatoms. The van der Waals surface area contributed by atoms with E-state index in [2.05, 4.69) is 41.3 Å². The number of hydrogen-bond donors (Lipinski definition) is 1. The van der Waals surface area contributed by atoms with Gasteiger partial charge in [0.05, 0.1) is 11.1 Å². The summed E-state index contributed by atoms with van der Waals surface area (Å²) in [4.78, 5) is 1.17. The standard InChI is InChI=1S/C8H10BrNS/c1-4-7-8(5(2)9)10-6(3)11-7/h4,6,10H,1-2H2,3H3. The van der Waals surface area contributed by atoms with E-state index in [4.69, 9.17) is 0 Å². The zero-order chi connectivity index (χ0) is 8.43. The van der Waals surface area contributed by atoms with Crippen LogP contribution in [0.2, 0.25) is 0 Å². The zero-order valence-electron chi connectivity index (χ0n) is 6.36. The highest BCUT2D eigenvalue weighted by Crippen LogP contribution is 2.34. The van der Waals surface area contributed by atoms with Crippen molar-refractivity contribution in [1.29, 1.82) is 0 Å². The number of rotatable bonds is 2. The molecule has 0 aromatic rings. The topological polar surface area (TPSA) is 12.0 Å². The first-order valence-electron chi connectivity index (χ1n) is 3.30. The lowest BCUT2D eigenvalue weighted by molar-refractivity contribution is 0.838. The summed E-state index contributed by atoms with van der Waals surface area (Å²) in [7, 11) is 0. The molecule has 0 radical (unpaired) electrons. The quantitative estimate of drug-likeness (QED) is 0.785. The first-order valence-corrected chi connectivity index (χ1v) is 4.97. The summed E-state index contributed by atoms with van der Waals surface area (Å²) in [5.41, 5.74) is 1.07. The van der Waals surface area contributed by atoms with Crippen LogP contribution in [0.25, 0.3) is 0 Å². The molecule has 1 N–H and O–H groups in total. The first kappa shape index (κ1) is 8.94. The maximum absolute atomic E-state index is 3.80. The Morgan fingerprint density at radius 3 is 2.82 bits per heavy atom. The molecule has 1 atom stereocenters. The molecule has 60 valence electrons. The minimum absolute atomic E-state index is 0.423. The Labute approximate surface area is 79.8 Å². The average molecular weight is 232 g/mol. The summed E-state index contributed by atoms with van der Waals surface area (Å²) in [6.07, 6.45) is 1.85. The van der Waals surface area contributed by atoms with Gasteiger partial charge in [-0.25, -0.2) is 0 Å². The second kappa shape index (κ2) is 3.50. The van der Waals surface area contributed by atoms with Crippen molar-refractivity contribution >= 4 is 27.7 Å². The second-order valence-electron chi connectivity index (χ2n) is 2.25. The van der Waals surface area contributed by atoms with Crippen LogP contribution in [0.3, 0.4) is 0 Å². The largest absolute Gasteiger partial charge is 0.371 e. The van der Waals surface area contributed by atoms with E-state index in [-0.39, 0.29) is 0 Å². The summed E-state index contributed by atoms with van der Waals surface area (Å²) < 4.78 is 0.893. The summed E-state index contributed by atoms with van der Waals surface area (Å²) in [6, 6.07) is 0. The molecule has 0 fully saturated rings. The molecule has 0 saturated carbocycles. The Bertz CT molecular complexity index is 232. The fraction of sp³-hybridized carbons (Fsp3) is 0.250. The minimum atomic E-state index is 0.423. The fourth-order valence-electron chi connectivity index (χ4n) is 0.915. The Hall–Kier alpha value is -0.150. The van der Waals surface area contributed by atoms with E-state index >= 15 is 0 Å². The minimum Gasteiger partial charge on any atom is -0.371 e. The average Bonchev–Trinajstić information content (AvgIpc) is 2.30. The molecule has 0 amide bonds. The van der Waals surface area contributed by atoms with Crippen LogP contribution in [0, 0.1) is 0 Å². The fourth-order valence-corrected chi connectivity index (χ4v) is 2.33. The van der Waals surface area contributed by atoms with Gasteiger partial charge in [0.2, 0.25) is 0 Å². The van der Waals surface area contributed by atoms with Crippen LogP contribution in [0.5, 0.6) is 0 Å². The van der Waals surface area contributed by atoms with Crippen molar-refractivity contribution in [3.8, 4) is 0 Å². The maximum Gasteiger partial charge on any atom is 0.0742 e. The van der Waals surface area contributed by atoms with Crippen LogP contribution in [0.15, 0.2) is 34.3 Å². The normalized spacial score (nSPS) is 23.3. The molecule has 1 nitrogen and oxygen atoms in total. The molecule has 1 unspecified atom stereocenters. The highest BCUT2D eigenvalue weighted by Gasteiger charge is 2.18. The Morgan fingerprint density at radius 1 is 1.82 bits per heavy atom. The molecule has 0 aromatic carbocycles. The van der Waals surface area contributed by atoms with Crippen molar-refractivity contribution in [3.05, 3.63) is 34.3 Å². The summed E-state index contributed by atoms with van der Waals surface area (Å²) >= 11 is 5.10. The lowest BCUT2D eigenvalue weighted by Crippen LogP contribution is -2.15. The van der Waals surface area contributed by atoms with E-state index in [0.29, 0.717) is 5.37 Å². The van der Waals surface area contributed by atoms with Gasteiger partial charge in [-0.3, -0.25) is 0 Å². The molecule has 0 bridgehead atoms. The van der Waals surface area contributed by atoms with E-state index in [1.807, 2.05) is 6.08 Å². The van der Waals surface area contributed by atoms with Gasteiger partial charge in [-0.2, -0.15) is 0 Å². The molecule has 1 rings (SSSR count). The monoisotopic (exact) mass is 231 g/mol. The predicted molar refractivity (Wildman–Crippen MR) is 55.5 cm³/mol. The molecule has 0 aromatic heterocycles. The number of halogens is 1. The van der Waals surface area contributed by atoms with E-state index in [1.54, 1.807) is 11.8 Å². The zero-order valence-corrected chi connectivity index (χ0v) is 8.76. The Kier molecular flexibility index (Phi) is 2.84. The Balaban J connectivity index is 2.88. The molecule has 1 heterocycles.